The molecule has 0 fully saturated rings. The molecule has 7 unspecified atom stereocenters. The Morgan fingerprint density at radius 1 is 0.688 bits per heavy atom. The minimum atomic E-state index is 0.0333. The predicted octanol–water partition coefficient (Wildman–Crippen LogP) is 10.2. The number of rotatable bonds is 7. The first kappa shape index (κ1) is 31.2. The zero-order valence-electron chi connectivity index (χ0n) is 28.3. The summed E-state index contributed by atoms with van der Waals surface area (Å²) >= 11 is 0. The number of allylic oxidation sites excluding steroid dienone is 18. The lowest BCUT2D eigenvalue weighted by molar-refractivity contribution is 0.309. The molecular weight excluding hydrogens is 585 g/mol. The molecule has 0 saturated heterocycles. The van der Waals surface area contributed by atoms with Crippen LogP contribution in [-0.4, -0.2) is 23.5 Å². The molecule has 8 aliphatic rings. The Hall–Kier alpha value is -4.05. The molecule has 4 heteroatoms. The Labute approximate surface area is 287 Å². The van der Waals surface area contributed by atoms with Crippen LogP contribution in [0.5, 0.6) is 0 Å². The summed E-state index contributed by atoms with van der Waals surface area (Å²) in [5, 5.41) is 3.72. The number of nitrogens with one attached hydrogen (secondary N) is 1. The van der Waals surface area contributed by atoms with Crippen molar-refractivity contribution in [3.63, 3.8) is 0 Å². The summed E-state index contributed by atoms with van der Waals surface area (Å²) in [7, 11) is 0. The smallest absolute Gasteiger partial charge is 0.136 e. The standard InChI is InChI=1S/C44H50N4/c1-5-14-32(15-6-1)40-30-45-41(34-16-7-2-8-17-34)29-39(40)33-26-24-31(25-27-33)37-22-13-23-38(28-37)44-47-42(35-18-9-3-10-19-35)46-43(48-44)36-20-11-4-12-21-36/h1-3,5,7,9-11,13-14,16,18,20-22,24,26,30-31,33,35,37-39,42H,4,6,8,12,15,17,19,23,25,27-29H2,(H,46,47,48). The van der Waals surface area contributed by atoms with Crippen molar-refractivity contribution in [3.8, 4) is 0 Å². The summed E-state index contributed by atoms with van der Waals surface area (Å²) in [6.45, 7) is 0. The molecule has 0 aromatic rings. The SMILES string of the molecule is C1=CCCC(C2=CN=C(C3=CC=CCC3)CC2C2C=CC(C3C=CCC(C4=NC(C5C=CC=CC5)NC(C5=CCCC=C5)=N4)C3)CC2)=C1. The molecule has 6 aliphatic carbocycles. The van der Waals surface area contributed by atoms with E-state index in [-0.39, 0.29) is 6.17 Å². The van der Waals surface area contributed by atoms with E-state index in [2.05, 4.69) is 115 Å². The first-order chi connectivity index (χ1) is 23.8. The molecule has 246 valence electrons. The van der Waals surface area contributed by atoms with Crippen molar-refractivity contribution in [2.24, 2.45) is 50.5 Å². The van der Waals surface area contributed by atoms with Crippen LogP contribution in [0, 0.1) is 35.5 Å². The van der Waals surface area contributed by atoms with Crippen LogP contribution in [0.2, 0.25) is 0 Å². The first-order valence-electron chi connectivity index (χ1n) is 18.8. The van der Waals surface area contributed by atoms with Crippen LogP contribution in [-0.2, 0) is 0 Å². The van der Waals surface area contributed by atoms with Crippen LogP contribution in [0.25, 0.3) is 0 Å². The Kier molecular flexibility index (Phi) is 9.50. The van der Waals surface area contributed by atoms with Gasteiger partial charge in [-0.15, -0.1) is 0 Å². The fourth-order valence-electron chi connectivity index (χ4n) is 8.88. The van der Waals surface area contributed by atoms with Crippen LogP contribution in [0.4, 0.5) is 0 Å². The van der Waals surface area contributed by atoms with Crippen LogP contribution in [0.3, 0.4) is 0 Å². The number of nitrogens with zero attached hydrogens (tertiary/aromatic N) is 3. The zero-order chi connectivity index (χ0) is 32.1. The van der Waals surface area contributed by atoms with Crippen molar-refractivity contribution < 1.29 is 0 Å². The minimum Gasteiger partial charge on any atom is -0.347 e. The van der Waals surface area contributed by atoms with E-state index >= 15 is 0 Å². The fourth-order valence-corrected chi connectivity index (χ4v) is 8.88. The lowest BCUT2D eigenvalue weighted by Gasteiger charge is -2.37. The van der Waals surface area contributed by atoms with Gasteiger partial charge in [0.05, 0.1) is 0 Å². The summed E-state index contributed by atoms with van der Waals surface area (Å²) in [4.78, 5) is 15.6. The van der Waals surface area contributed by atoms with Crippen LogP contribution in [0.15, 0.2) is 147 Å². The maximum Gasteiger partial charge on any atom is 0.136 e. The Morgan fingerprint density at radius 2 is 1.54 bits per heavy atom. The van der Waals surface area contributed by atoms with E-state index in [1.165, 1.54) is 40.8 Å². The Balaban J connectivity index is 0.991. The van der Waals surface area contributed by atoms with Crippen molar-refractivity contribution in [2.45, 2.75) is 83.2 Å². The van der Waals surface area contributed by atoms with Gasteiger partial charge >= 0.3 is 0 Å². The summed E-state index contributed by atoms with van der Waals surface area (Å²) in [6, 6.07) is 0. The lowest BCUT2D eigenvalue weighted by Crippen LogP contribution is -2.44. The third kappa shape index (κ3) is 6.90. The maximum absolute atomic E-state index is 5.32. The van der Waals surface area contributed by atoms with E-state index in [9.17, 15) is 0 Å². The van der Waals surface area contributed by atoms with Crippen molar-refractivity contribution in [2.75, 3.05) is 0 Å². The highest BCUT2D eigenvalue weighted by Crippen LogP contribution is 2.44. The topological polar surface area (TPSA) is 49.1 Å². The highest BCUT2D eigenvalue weighted by atomic mass is 15.2. The molecular formula is C44H50N4. The third-order valence-electron chi connectivity index (χ3n) is 11.6. The first-order valence-corrected chi connectivity index (χ1v) is 18.8. The number of amidine groups is 2. The molecule has 0 aromatic heterocycles. The third-order valence-corrected chi connectivity index (χ3v) is 11.6. The van der Waals surface area contributed by atoms with Gasteiger partial charge in [-0.25, -0.2) is 9.98 Å². The van der Waals surface area contributed by atoms with Gasteiger partial charge in [0.1, 0.15) is 17.8 Å². The number of hydrogen-bond donors (Lipinski definition) is 1. The molecule has 0 aromatic carbocycles. The lowest BCUT2D eigenvalue weighted by atomic mass is 9.68. The van der Waals surface area contributed by atoms with Gasteiger partial charge in [-0.1, -0.05) is 103 Å². The average Bonchev–Trinajstić information content (AvgIpc) is 3.19. The molecule has 1 N–H and O–H groups in total. The van der Waals surface area contributed by atoms with Gasteiger partial charge in [0.2, 0.25) is 0 Å². The summed E-state index contributed by atoms with van der Waals surface area (Å²) in [5.41, 5.74) is 6.95. The fraction of sp³-hybridized carbons (Fsp3) is 0.432. The molecule has 8 rings (SSSR count). The number of aliphatic imine (C=N–C) groups is 3. The molecule has 0 amide bonds. The molecule has 4 nitrogen and oxygen atoms in total. The van der Waals surface area contributed by atoms with Gasteiger partial charge in [-0.05, 0) is 117 Å². The largest absolute Gasteiger partial charge is 0.347 e. The highest BCUT2D eigenvalue weighted by Gasteiger charge is 2.36. The highest BCUT2D eigenvalue weighted by molar-refractivity contribution is 6.09. The van der Waals surface area contributed by atoms with Gasteiger partial charge < -0.3 is 5.32 Å². The van der Waals surface area contributed by atoms with Crippen molar-refractivity contribution >= 4 is 17.4 Å². The summed E-state index contributed by atoms with van der Waals surface area (Å²) in [5.74, 6) is 4.95. The van der Waals surface area contributed by atoms with Gasteiger partial charge in [0.25, 0.3) is 0 Å². The predicted molar refractivity (Wildman–Crippen MR) is 202 cm³/mol. The monoisotopic (exact) mass is 634 g/mol. The molecule has 7 atom stereocenters. The quantitative estimate of drug-likeness (QED) is 0.278. The second-order valence-electron chi connectivity index (χ2n) is 14.7. The average molecular weight is 635 g/mol. The number of hydrogen-bond acceptors (Lipinski definition) is 4. The van der Waals surface area contributed by atoms with Gasteiger partial charge in [-0.2, -0.15) is 0 Å². The van der Waals surface area contributed by atoms with Gasteiger partial charge in [0.15, 0.2) is 0 Å². The summed E-state index contributed by atoms with van der Waals surface area (Å²) in [6.07, 6.45) is 55.2. The minimum absolute atomic E-state index is 0.0333. The zero-order valence-corrected chi connectivity index (χ0v) is 28.3. The van der Waals surface area contributed by atoms with E-state index in [4.69, 9.17) is 15.0 Å². The van der Waals surface area contributed by atoms with E-state index < -0.39 is 0 Å². The van der Waals surface area contributed by atoms with E-state index in [1.807, 2.05) is 0 Å². The Bertz CT molecular complexity index is 1690. The van der Waals surface area contributed by atoms with E-state index in [0.29, 0.717) is 35.5 Å². The maximum atomic E-state index is 5.32. The van der Waals surface area contributed by atoms with Crippen LogP contribution in [0.1, 0.15) is 77.0 Å². The van der Waals surface area contributed by atoms with E-state index in [0.717, 1.165) is 75.9 Å². The Morgan fingerprint density at radius 3 is 2.29 bits per heavy atom. The molecule has 0 saturated carbocycles. The normalized spacial score (nSPS) is 34.3. The second-order valence-corrected chi connectivity index (χ2v) is 14.7. The van der Waals surface area contributed by atoms with Crippen molar-refractivity contribution in [1.82, 2.24) is 5.32 Å². The molecule has 0 bridgehead atoms. The van der Waals surface area contributed by atoms with Crippen LogP contribution >= 0.6 is 0 Å². The van der Waals surface area contributed by atoms with E-state index in [1.54, 1.807) is 0 Å². The molecule has 0 radical (unpaired) electrons. The molecule has 48 heavy (non-hydrogen) atoms. The van der Waals surface area contributed by atoms with Gasteiger partial charge in [-0.3, -0.25) is 4.99 Å². The second kappa shape index (κ2) is 14.6. The van der Waals surface area contributed by atoms with Crippen LogP contribution < -0.4 is 5.32 Å². The molecule has 2 heterocycles. The van der Waals surface area contributed by atoms with Crippen molar-refractivity contribution in [1.29, 1.82) is 0 Å². The molecule has 2 aliphatic heterocycles. The molecule has 0 spiro atoms. The van der Waals surface area contributed by atoms with Gasteiger partial charge in [0, 0.05) is 29.3 Å². The van der Waals surface area contributed by atoms with Crippen molar-refractivity contribution in [3.05, 3.63) is 132 Å². The summed E-state index contributed by atoms with van der Waals surface area (Å²) < 4.78 is 0.